The number of piperazine rings is 1. The largest absolute Gasteiger partial charge is 0.362 e. The topological polar surface area (TPSA) is 92.1 Å². The highest BCUT2D eigenvalue weighted by atomic mass is 16.2. The molecule has 9 nitrogen and oxygen atoms in total. The quantitative estimate of drug-likeness (QED) is 0.429. The van der Waals surface area contributed by atoms with Crippen LogP contribution in [0.5, 0.6) is 0 Å². The number of amides is 1. The maximum Gasteiger partial charge on any atom is 0.228 e. The minimum atomic E-state index is -0.0248. The van der Waals surface area contributed by atoms with E-state index < -0.39 is 0 Å². The van der Waals surface area contributed by atoms with E-state index in [2.05, 4.69) is 52.8 Å². The van der Waals surface area contributed by atoms with Crippen LogP contribution in [0.25, 0.3) is 21.9 Å². The molecule has 1 aromatic carbocycles. The van der Waals surface area contributed by atoms with E-state index in [1.807, 2.05) is 36.2 Å². The van der Waals surface area contributed by atoms with Gasteiger partial charge in [0.2, 0.25) is 11.9 Å². The summed E-state index contributed by atoms with van der Waals surface area (Å²) in [5.41, 5.74) is 4.74. The molecule has 3 aromatic heterocycles. The van der Waals surface area contributed by atoms with Gasteiger partial charge in [0.1, 0.15) is 11.0 Å². The van der Waals surface area contributed by atoms with Gasteiger partial charge in [0.25, 0.3) is 0 Å². The summed E-state index contributed by atoms with van der Waals surface area (Å²) in [5.74, 6) is 1.55. The van der Waals surface area contributed by atoms with Gasteiger partial charge in [-0.05, 0) is 44.9 Å². The van der Waals surface area contributed by atoms with E-state index in [9.17, 15) is 4.79 Å². The summed E-state index contributed by atoms with van der Waals surface area (Å²) in [6.45, 7) is 12.8. The Bertz CT molecular complexity index is 1410. The molecule has 4 aromatic rings. The van der Waals surface area contributed by atoms with Crippen molar-refractivity contribution in [1.82, 2.24) is 29.6 Å². The van der Waals surface area contributed by atoms with E-state index in [1.54, 1.807) is 6.92 Å². The monoisotopic (exact) mass is 486 g/mol. The predicted molar refractivity (Wildman–Crippen MR) is 143 cm³/mol. The van der Waals surface area contributed by atoms with Gasteiger partial charge in [-0.1, -0.05) is 25.1 Å². The lowest BCUT2D eigenvalue weighted by Gasteiger charge is -2.34. The first kappa shape index (κ1) is 24.0. The van der Waals surface area contributed by atoms with E-state index in [0.29, 0.717) is 32.1 Å². The van der Waals surface area contributed by atoms with E-state index in [-0.39, 0.29) is 18.0 Å². The van der Waals surface area contributed by atoms with Crippen LogP contribution >= 0.6 is 0 Å². The molecule has 188 valence electrons. The summed E-state index contributed by atoms with van der Waals surface area (Å²) in [6, 6.07) is 10.5. The van der Waals surface area contributed by atoms with Crippen molar-refractivity contribution in [1.29, 1.82) is 0 Å². The average molecular weight is 487 g/mol. The van der Waals surface area contributed by atoms with Crippen LogP contribution in [0.1, 0.15) is 57.5 Å². The Hall–Kier alpha value is -3.75. The van der Waals surface area contributed by atoms with Crippen LogP contribution in [-0.4, -0.2) is 61.7 Å². The fourth-order valence-corrected chi connectivity index (χ4v) is 4.74. The van der Waals surface area contributed by atoms with Crippen molar-refractivity contribution < 1.29 is 4.79 Å². The fourth-order valence-electron chi connectivity index (χ4n) is 4.74. The second kappa shape index (κ2) is 9.72. The zero-order chi connectivity index (χ0) is 25.4. The van der Waals surface area contributed by atoms with Crippen molar-refractivity contribution in [2.75, 3.05) is 36.4 Å². The maximum atomic E-state index is 11.8. The van der Waals surface area contributed by atoms with Crippen LogP contribution in [0.3, 0.4) is 0 Å². The lowest BCUT2D eigenvalue weighted by atomic mass is 10.1. The van der Waals surface area contributed by atoms with Gasteiger partial charge in [0.05, 0.1) is 17.3 Å². The van der Waals surface area contributed by atoms with Crippen LogP contribution in [0.15, 0.2) is 36.5 Å². The molecule has 0 aliphatic carbocycles. The molecule has 1 aliphatic heterocycles. The molecule has 1 fully saturated rings. The summed E-state index contributed by atoms with van der Waals surface area (Å²) in [4.78, 5) is 30.5. The minimum absolute atomic E-state index is 0.0248. The number of carbonyl (C=O) groups is 1. The lowest BCUT2D eigenvalue weighted by molar-refractivity contribution is -0.129. The Morgan fingerprint density at radius 3 is 2.58 bits per heavy atom. The first-order valence-electron chi connectivity index (χ1n) is 12.7. The number of aromatic nitrogens is 5. The molecule has 5 rings (SSSR count). The van der Waals surface area contributed by atoms with Gasteiger partial charge in [-0.3, -0.25) is 14.5 Å². The lowest BCUT2D eigenvalue weighted by Crippen LogP contribution is -2.48. The van der Waals surface area contributed by atoms with Crippen molar-refractivity contribution in [2.45, 2.75) is 53.1 Å². The van der Waals surface area contributed by atoms with Gasteiger partial charge in [-0.2, -0.15) is 10.1 Å². The zero-order valence-corrected chi connectivity index (χ0v) is 21.7. The number of pyridine rings is 1. The number of benzene rings is 1. The molecule has 0 spiro atoms. The summed E-state index contributed by atoms with van der Waals surface area (Å²) in [7, 11) is 0. The van der Waals surface area contributed by atoms with Crippen molar-refractivity contribution in [3.63, 3.8) is 0 Å². The second-order valence-corrected chi connectivity index (χ2v) is 9.68. The third-order valence-corrected chi connectivity index (χ3v) is 7.18. The predicted octanol–water partition coefficient (Wildman–Crippen LogP) is 4.50. The standard InChI is InChI=1S/C27H34N8O/c1-6-17(2)35-25-24(19(4)32-35)30-27(34-13-11-33(12-14-34)20(5)36)31-26(25)29-18(3)22-15-21-9-7-8-10-23(21)28-16-22/h7-10,15-18H,6,11-14H2,1-5H3,(H,29,30,31)/t17?,18-/m1/s1. The number of rotatable bonds is 6. The van der Waals surface area contributed by atoms with E-state index in [0.717, 1.165) is 45.4 Å². The van der Waals surface area contributed by atoms with Crippen molar-refractivity contribution >= 4 is 39.6 Å². The molecular weight excluding hydrogens is 452 g/mol. The summed E-state index contributed by atoms with van der Waals surface area (Å²) < 4.78 is 2.05. The number of aryl methyl sites for hydroxylation is 1. The van der Waals surface area contributed by atoms with Crippen molar-refractivity contribution in [3.8, 4) is 0 Å². The third-order valence-electron chi connectivity index (χ3n) is 7.18. The van der Waals surface area contributed by atoms with Crippen LogP contribution in [0, 0.1) is 6.92 Å². The Kier molecular flexibility index (Phi) is 6.47. The highest BCUT2D eigenvalue weighted by Crippen LogP contribution is 2.32. The van der Waals surface area contributed by atoms with Gasteiger partial charge in [0.15, 0.2) is 5.82 Å². The Morgan fingerprint density at radius 2 is 1.86 bits per heavy atom. The summed E-state index contributed by atoms with van der Waals surface area (Å²) in [6.07, 6.45) is 2.88. The van der Waals surface area contributed by atoms with Gasteiger partial charge < -0.3 is 15.1 Å². The number of para-hydroxylation sites is 1. The molecule has 36 heavy (non-hydrogen) atoms. The zero-order valence-electron chi connectivity index (χ0n) is 21.7. The van der Waals surface area contributed by atoms with Crippen LogP contribution in [-0.2, 0) is 4.79 Å². The first-order valence-corrected chi connectivity index (χ1v) is 12.7. The van der Waals surface area contributed by atoms with Crippen LogP contribution in [0.4, 0.5) is 11.8 Å². The maximum absolute atomic E-state index is 11.8. The average Bonchev–Trinajstić information content (AvgIpc) is 3.24. The first-order chi connectivity index (χ1) is 17.4. The minimum Gasteiger partial charge on any atom is -0.362 e. The van der Waals surface area contributed by atoms with Gasteiger partial charge in [-0.25, -0.2) is 4.98 Å². The van der Waals surface area contributed by atoms with Crippen molar-refractivity contribution in [3.05, 3.63) is 47.8 Å². The molecule has 1 N–H and O–H groups in total. The summed E-state index contributed by atoms with van der Waals surface area (Å²) >= 11 is 0. The number of carbonyl (C=O) groups excluding carboxylic acids is 1. The second-order valence-electron chi connectivity index (χ2n) is 9.68. The normalized spacial score (nSPS) is 15.9. The van der Waals surface area contributed by atoms with Crippen LogP contribution < -0.4 is 10.2 Å². The third kappa shape index (κ3) is 4.45. The summed E-state index contributed by atoms with van der Waals surface area (Å²) in [5, 5.41) is 9.63. The molecule has 0 bridgehead atoms. The molecule has 9 heteroatoms. The molecule has 0 saturated carbocycles. The fraction of sp³-hybridized carbons (Fsp3) is 0.444. The molecule has 1 saturated heterocycles. The number of anilines is 2. The van der Waals surface area contributed by atoms with Gasteiger partial charge in [-0.15, -0.1) is 0 Å². The molecule has 1 unspecified atom stereocenters. The number of fused-ring (bicyclic) bond motifs is 2. The Labute approximate surface area is 211 Å². The number of nitrogens with one attached hydrogen (secondary N) is 1. The number of hydrogen-bond donors (Lipinski definition) is 1. The number of nitrogens with zero attached hydrogens (tertiary/aromatic N) is 7. The van der Waals surface area contributed by atoms with Gasteiger partial charge in [0, 0.05) is 50.7 Å². The molecular formula is C27H34N8O. The van der Waals surface area contributed by atoms with E-state index in [1.165, 1.54) is 0 Å². The SMILES string of the molecule is CCC(C)n1nc(C)c2nc(N3CCN(C(C)=O)CC3)nc(N[C@H](C)c3cnc4ccccc4c3)c21. The molecule has 0 radical (unpaired) electrons. The van der Waals surface area contributed by atoms with Gasteiger partial charge >= 0.3 is 0 Å². The van der Waals surface area contributed by atoms with Crippen molar-refractivity contribution in [2.24, 2.45) is 0 Å². The highest BCUT2D eigenvalue weighted by molar-refractivity contribution is 5.89. The highest BCUT2D eigenvalue weighted by Gasteiger charge is 2.25. The van der Waals surface area contributed by atoms with Crippen LogP contribution in [0.2, 0.25) is 0 Å². The smallest absolute Gasteiger partial charge is 0.228 e. The molecule has 1 amide bonds. The Morgan fingerprint density at radius 1 is 1.11 bits per heavy atom. The molecule has 1 aliphatic rings. The molecule has 4 heterocycles. The Balaban J connectivity index is 1.54. The van der Waals surface area contributed by atoms with E-state index >= 15 is 0 Å². The molecule has 2 atom stereocenters. The van der Waals surface area contributed by atoms with E-state index in [4.69, 9.17) is 15.1 Å². The number of hydrogen-bond acceptors (Lipinski definition) is 7.